The number of carbonyl (C=O) groups is 1. The molecule has 0 radical (unpaired) electrons. The molecule has 1 aliphatic heterocycles. The number of imidazole rings is 1. The average molecular weight is 312 g/mol. The van der Waals surface area contributed by atoms with Crippen LogP contribution in [0.1, 0.15) is 27.6 Å². The Labute approximate surface area is 132 Å². The van der Waals surface area contributed by atoms with Gasteiger partial charge in [0, 0.05) is 13.1 Å². The van der Waals surface area contributed by atoms with Gasteiger partial charge in [-0.25, -0.2) is 14.6 Å². The van der Waals surface area contributed by atoms with Gasteiger partial charge in [-0.3, -0.25) is 4.79 Å². The monoisotopic (exact) mass is 312 g/mol. The summed E-state index contributed by atoms with van der Waals surface area (Å²) in [5, 5.41) is 4.12. The van der Waals surface area contributed by atoms with Gasteiger partial charge in [-0.1, -0.05) is 0 Å². The number of aryl methyl sites for hydroxylation is 1. The lowest BCUT2D eigenvalue weighted by Crippen LogP contribution is -2.39. The van der Waals surface area contributed by atoms with E-state index in [1.807, 2.05) is 6.20 Å². The summed E-state index contributed by atoms with van der Waals surface area (Å²) in [4.78, 5) is 22.8. The number of fused-ring (bicyclic) bond motifs is 1. The van der Waals surface area contributed by atoms with Gasteiger partial charge in [-0.15, -0.1) is 0 Å². The molecule has 23 heavy (non-hydrogen) atoms. The lowest BCUT2D eigenvalue weighted by Gasteiger charge is -2.28. The fourth-order valence-corrected chi connectivity index (χ4v) is 2.88. The third kappa shape index (κ3) is 2.41. The van der Waals surface area contributed by atoms with Crippen LogP contribution in [0, 0.1) is 6.92 Å². The fourth-order valence-electron chi connectivity index (χ4n) is 2.88. The third-order valence-corrected chi connectivity index (χ3v) is 4.11. The summed E-state index contributed by atoms with van der Waals surface area (Å²) in [6.45, 7) is 4.30. The van der Waals surface area contributed by atoms with Gasteiger partial charge in [0.2, 0.25) is 0 Å². The maximum absolute atomic E-state index is 12.6. The standard InChI is InChI=1S/C15H16N6O2/c1-11-13(2-5-23-11)15(22)19-3-4-21-12(6-17-14(21)8-19)7-20-10-16-9-18-20/h2,5-6,9-10H,3-4,7-8H2,1H3. The number of rotatable bonds is 3. The molecule has 1 aliphatic rings. The molecule has 8 nitrogen and oxygen atoms in total. The highest BCUT2D eigenvalue weighted by Crippen LogP contribution is 2.19. The fraction of sp³-hybridized carbons (Fsp3) is 0.333. The van der Waals surface area contributed by atoms with Crippen molar-refractivity contribution in [3.63, 3.8) is 0 Å². The van der Waals surface area contributed by atoms with Gasteiger partial charge in [-0.05, 0) is 13.0 Å². The second-order valence-electron chi connectivity index (χ2n) is 5.53. The summed E-state index contributed by atoms with van der Waals surface area (Å²) in [5.41, 5.74) is 1.69. The Kier molecular flexibility index (Phi) is 3.22. The Morgan fingerprint density at radius 3 is 3.04 bits per heavy atom. The highest BCUT2D eigenvalue weighted by molar-refractivity contribution is 5.95. The van der Waals surface area contributed by atoms with E-state index in [0.717, 1.165) is 18.1 Å². The van der Waals surface area contributed by atoms with E-state index >= 15 is 0 Å². The van der Waals surface area contributed by atoms with Crippen LogP contribution in [0.25, 0.3) is 0 Å². The molecule has 0 N–H and O–H groups in total. The minimum Gasteiger partial charge on any atom is -0.469 e. The topological polar surface area (TPSA) is 82.0 Å². The number of furan rings is 1. The predicted molar refractivity (Wildman–Crippen MR) is 79.5 cm³/mol. The Morgan fingerprint density at radius 1 is 1.39 bits per heavy atom. The first-order valence-electron chi connectivity index (χ1n) is 7.41. The lowest BCUT2D eigenvalue weighted by atomic mass is 10.2. The number of hydrogen-bond acceptors (Lipinski definition) is 5. The Bertz CT molecular complexity index is 832. The first kappa shape index (κ1) is 13.7. The molecule has 0 aromatic carbocycles. The molecule has 0 saturated carbocycles. The van der Waals surface area contributed by atoms with Crippen LogP contribution < -0.4 is 0 Å². The minimum absolute atomic E-state index is 0.0108. The molecule has 8 heteroatoms. The van der Waals surface area contributed by atoms with Crippen molar-refractivity contribution < 1.29 is 9.21 Å². The maximum Gasteiger partial charge on any atom is 0.257 e. The van der Waals surface area contributed by atoms with Gasteiger partial charge in [0.15, 0.2) is 0 Å². The third-order valence-electron chi connectivity index (χ3n) is 4.11. The van der Waals surface area contributed by atoms with Crippen LogP contribution in [0.2, 0.25) is 0 Å². The van der Waals surface area contributed by atoms with Crippen molar-refractivity contribution in [2.24, 2.45) is 0 Å². The van der Waals surface area contributed by atoms with E-state index in [0.29, 0.717) is 31.0 Å². The summed E-state index contributed by atoms with van der Waals surface area (Å²) in [5.74, 6) is 1.53. The van der Waals surface area contributed by atoms with E-state index < -0.39 is 0 Å². The molecule has 0 saturated heterocycles. The number of carbonyl (C=O) groups excluding carboxylic acids is 1. The minimum atomic E-state index is -0.0108. The predicted octanol–water partition coefficient (Wildman–Crippen LogP) is 1.08. The van der Waals surface area contributed by atoms with E-state index in [2.05, 4.69) is 19.6 Å². The lowest BCUT2D eigenvalue weighted by molar-refractivity contribution is 0.0704. The molecule has 4 heterocycles. The molecule has 0 aliphatic carbocycles. The summed E-state index contributed by atoms with van der Waals surface area (Å²) < 4.78 is 9.13. The van der Waals surface area contributed by atoms with Gasteiger partial charge < -0.3 is 13.9 Å². The van der Waals surface area contributed by atoms with E-state index in [9.17, 15) is 4.79 Å². The van der Waals surface area contributed by atoms with E-state index in [4.69, 9.17) is 4.42 Å². The molecule has 0 bridgehead atoms. The molecule has 4 rings (SSSR count). The maximum atomic E-state index is 12.6. The number of aromatic nitrogens is 5. The highest BCUT2D eigenvalue weighted by atomic mass is 16.3. The van der Waals surface area contributed by atoms with Crippen LogP contribution in [-0.4, -0.2) is 41.7 Å². The second kappa shape index (κ2) is 5.38. The van der Waals surface area contributed by atoms with Gasteiger partial charge in [-0.2, -0.15) is 5.10 Å². The van der Waals surface area contributed by atoms with E-state index in [-0.39, 0.29) is 5.91 Å². The molecule has 1 amide bonds. The van der Waals surface area contributed by atoms with Crippen molar-refractivity contribution in [1.82, 2.24) is 29.2 Å². The molecule has 0 unspecified atom stereocenters. The van der Waals surface area contributed by atoms with Crippen LogP contribution in [0.5, 0.6) is 0 Å². The molecule has 3 aromatic rings. The smallest absolute Gasteiger partial charge is 0.257 e. The quantitative estimate of drug-likeness (QED) is 0.723. The van der Waals surface area contributed by atoms with Gasteiger partial charge in [0.25, 0.3) is 5.91 Å². The summed E-state index contributed by atoms with van der Waals surface area (Å²) in [6, 6.07) is 1.72. The van der Waals surface area contributed by atoms with E-state index in [1.54, 1.807) is 35.2 Å². The van der Waals surface area contributed by atoms with Crippen molar-refractivity contribution >= 4 is 5.91 Å². The summed E-state index contributed by atoms with van der Waals surface area (Å²) in [6.07, 6.45) is 6.58. The van der Waals surface area contributed by atoms with Crippen LogP contribution in [0.3, 0.4) is 0 Å². The molecule has 118 valence electrons. The molecule has 3 aromatic heterocycles. The highest BCUT2D eigenvalue weighted by Gasteiger charge is 2.26. The van der Waals surface area contributed by atoms with Crippen LogP contribution in [-0.2, 0) is 19.6 Å². The van der Waals surface area contributed by atoms with Crippen molar-refractivity contribution in [3.8, 4) is 0 Å². The van der Waals surface area contributed by atoms with Gasteiger partial charge >= 0.3 is 0 Å². The number of nitrogens with zero attached hydrogens (tertiary/aromatic N) is 6. The van der Waals surface area contributed by atoms with Crippen molar-refractivity contribution in [2.45, 2.75) is 26.6 Å². The van der Waals surface area contributed by atoms with Crippen LogP contribution >= 0.6 is 0 Å². The second-order valence-corrected chi connectivity index (χ2v) is 5.53. The largest absolute Gasteiger partial charge is 0.469 e. The first-order chi connectivity index (χ1) is 11.2. The zero-order valence-electron chi connectivity index (χ0n) is 12.7. The van der Waals surface area contributed by atoms with Crippen LogP contribution in [0.4, 0.5) is 0 Å². The van der Waals surface area contributed by atoms with Crippen molar-refractivity contribution in [3.05, 3.63) is 54.0 Å². The van der Waals surface area contributed by atoms with E-state index in [1.165, 1.54) is 6.33 Å². The average Bonchev–Trinajstić information content (AvgIpc) is 3.29. The van der Waals surface area contributed by atoms with Gasteiger partial charge in [0.05, 0.1) is 36.8 Å². The number of amides is 1. The SMILES string of the molecule is Cc1occc1C(=O)N1CCn2c(Cn3cncn3)cnc2C1. The molecule has 0 atom stereocenters. The first-order valence-corrected chi connectivity index (χ1v) is 7.41. The van der Waals surface area contributed by atoms with Crippen molar-refractivity contribution in [2.75, 3.05) is 6.54 Å². The van der Waals surface area contributed by atoms with Gasteiger partial charge in [0.1, 0.15) is 24.2 Å². The molecular formula is C15H16N6O2. The summed E-state index contributed by atoms with van der Waals surface area (Å²) in [7, 11) is 0. The molecular weight excluding hydrogens is 296 g/mol. The normalized spacial score (nSPS) is 14.0. The van der Waals surface area contributed by atoms with Crippen molar-refractivity contribution in [1.29, 1.82) is 0 Å². The Morgan fingerprint density at radius 2 is 2.30 bits per heavy atom. The summed E-state index contributed by atoms with van der Waals surface area (Å²) >= 11 is 0. The Balaban J connectivity index is 1.53. The zero-order chi connectivity index (χ0) is 15.8. The molecule has 0 fully saturated rings. The van der Waals surface area contributed by atoms with Crippen LogP contribution in [0.15, 0.2) is 35.6 Å². The Hall–Kier alpha value is -2.90. The number of hydrogen-bond donors (Lipinski definition) is 0. The molecule has 0 spiro atoms. The zero-order valence-corrected chi connectivity index (χ0v) is 12.7.